The van der Waals surface area contributed by atoms with Gasteiger partial charge in [0.2, 0.25) is 5.91 Å². The Morgan fingerprint density at radius 3 is 2.48 bits per heavy atom. The van der Waals surface area contributed by atoms with E-state index in [0.29, 0.717) is 31.0 Å². The predicted octanol–water partition coefficient (Wildman–Crippen LogP) is 4.08. The number of nitrogens with zero attached hydrogens (tertiary/aromatic N) is 1. The second kappa shape index (κ2) is 9.43. The summed E-state index contributed by atoms with van der Waals surface area (Å²) in [7, 11) is 1.91. The summed E-state index contributed by atoms with van der Waals surface area (Å²) in [6.45, 7) is 4.14. The zero-order valence-corrected chi connectivity index (χ0v) is 15.4. The van der Waals surface area contributed by atoms with Crippen molar-refractivity contribution < 1.29 is 18.0 Å². The minimum Gasteiger partial charge on any atom is -0.342 e. The van der Waals surface area contributed by atoms with Crippen LogP contribution in [0.4, 0.5) is 13.2 Å². The van der Waals surface area contributed by atoms with Crippen molar-refractivity contribution in [3.05, 3.63) is 35.4 Å². The number of hydrogen-bond acceptors (Lipinski definition) is 2. The monoisotopic (exact) mass is 378 g/mol. The number of likely N-dealkylation sites (tertiary alicyclic amines) is 1. The number of amides is 1. The third-order valence-electron chi connectivity index (χ3n) is 4.74. The zero-order chi connectivity index (χ0) is 17.7. The van der Waals surface area contributed by atoms with E-state index in [4.69, 9.17) is 0 Å². The lowest BCUT2D eigenvalue weighted by molar-refractivity contribution is -0.138. The van der Waals surface area contributed by atoms with Crippen LogP contribution in [0, 0.1) is 5.92 Å². The van der Waals surface area contributed by atoms with Gasteiger partial charge < -0.3 is 10.2 Å². The van der Waals surface area contributed by atoms with Crippen molar-refractivity contribution in [3.63, 3.8) is 0 Å². The number of carbonyl (C=O) groups is 1. The Morgan fingerprint density at radius 1 is 1.32 bits per heavy atom. The van der Waals surface area contributed by atoms with Gasteiger partial charge in [-0.25, -0.2) is 0 Å². The van der Waals surface area contributed by atoms with Gasteiger partial charge in [0.1, 0.15) is 0 Å². The number of nitrogens with one attached hydrogen (secondary N) is 1. The van der Waals surface area contributed by atoms with E-state index in [-0.39, 0.29) is 18.3 Å². The Balaban J connectivity index is 0.00000312. The van der Waals surface area contributed by atoms with Crippen LogP contribution in [0.2, 0.25) is 0 Å². The van der Waals surface area contributed by atoms with Crippen LogP contribution < -0.4 is 5.32 Å². The SMILES string of the molecule is CCC(C(=O)N1CCC(CNC)CC1)c1cccc(C(F)(F)F)c1.Cl. The van der Waals surface area contributed by atoms with E-state index in [0.717, 1.165) is 31.5 Å². The molecule has 1 fully saturated rings. The molecular formula is C18H26ClF3N2O. The van der Waals surface area contributed by atoms with Gasteiger partial charge in [-0.1, -0.05) is 25.1 Å². The Labute approximate surface area is 153 Å². The zero-order valence-electron chi connectivity index (χ0n) is 14.6. The highest BCUT2D eigenvalue weighted by Crippen LogP contribution is 2.32. The van der Waals surface area contributed by atoms with Crippen molar-refractivity contribution in [2.24, 2.45) is 5.92 Å². The molecule has 1 saturated heterocycles. The van der Waals surface area contributed by atoms with Crippen LogP contribution in [0.15, 0.2) is 24.3 Å². The van der Waals surface area contributed by atoms with Gasteiger partial charge in [0, 0.05) is 13.1 Å². The molecule has 1 aliphatic rings. The lowest BCUT2D eigenvalue weighted by Gasteiger charge is -2.34. The highest BCUT2D eigenvalue weighted by atomic mass is 35.5. The maximum absolute atomic E-state index is 12.9. The van der Waals surface area contributed by atoms with E-state index in [1.807, 2.05) is 14.0 Å². The average Bonchev–Trinajstić information content (AvgIpc) is 2.56. The number of rotatable bonds is 5. The Morgan fingerprint density at radius 2 is 1.96 bits per heavy atom. The van der Waals surface area contributed by atoms with Crippen LogP contribution in [0.25, 0.3) is 0 Å². The van der Waals surface area contributed by atoms with E-state index in [1.165, 1.54) is 6.07 Å². The smallest absolute Gasteiger partial charge is 0.342 e. The number of halogens is 4. The summed E-state index contributed by atoms with van der Waals surface area (Å²) < 4.78 is 38.7. The van der Waals surface area contributed by atoms with Gasteiger partial charge in [-0.05, 0) is 50.4 Å². The lowest BCUT2D eigenvalue weighted by Crippen LogP contribution is -2.42. The number of carbonyl (C=O) groups excluding carboxylic acids is 1. The van der Waals surface area contributed by atoms with Crippen molar-refractivity contribution in [2.75, 3.05) is 26.7 Å². The van der Waals surface area contributed by atoms with E-state index >= 15 is 0 Å². The first kappa shape index (κ1) is 21.8. The standard InChI is InChI=1S/C18H25F3N2O.ClH/c1-3-16(14-5-4-6-15(11-14)18(19,20)21)17(24)23-9-7-13(8-10-23)12-22-2;/h4-6,11,13,16,22H,3,7-10,12H2,1-2H3;1H. The van der Waals surface area contributed by atoms with Crippen LogP contribution in [0.1, 0.15) is 43.2 Å². The number of alkyl halides is 3. The van der Waals surface area contributed by atoms with Gasteiger partial charge in [-0.3, -0.25) is 4.79 Å². The maximum atomic E-state index is 12.9. The van der Waals surface area contributed by atoms with Gasteiger partial charge in [-0.2, -0.15) is 13.2 Å². The van der Waals surface area contributed by atoms with Gasteiger partial charge >= 0.3 is 6.18 Å². The molecule has 0 bridgehead atoms. The van der Waals surface area contributed by atoms with Crippen molar-refractivity contribution in [1.29, 1.82) is 0 Å². The fourth-order valence-corrected chi connectivity index (χ4v) is 3.35. The Bertz CT molecular complexity index is 557. The van der Waals surface area contributed by atoms with Crippen LogP contribution in [0.5, 0.6) is 0 Å². The fourth-order valence-electron chi connectivity index (χ4n) is 3.35. The van der Waals surface area contributed by atoms with Crippen LogP contribution in [-0.2, 0) is 11.0 Å². The van der Waals surface area contributed by atoms with Crippen LogP contribution in [0.3, 0.4) is 0 Å². The first-order chi connectivity index (χ1) is 11.4. The van der Waals surface area contributed by atoms with Crippen molar-refractivity contribution in [3.8, 4) is 0 Å². The molecule has 7 heteroatoms. The summed E-state index contributed by atoms with van der Waals surface area (Å²) in [5.41, 5.74) is -0.242. The molecule has 1 heterocycles. The van der Waals surface area contributed by atoms with E-state index < -0.39 is 17.7 Å². The lowest BCUT2D eigenvalue weighted by atomic mass is 9.91. The third kappa shape index (κ3) is 5.61. The van der Waals surface area contributed by atoms with Gasteiger partial charge in [0.15, 0.2) is 0 Å². The van der Waals surface area contributed by atoms with Crippen molar-refractivity contribution in [1.82, 2.24) is 10.2 Å². The summed E-state index contributed by atoms with van der Waals surface area (Å²) in [5.74, 6) is 0.000524. The number of piperidine rings is 1. The van der Waals surface area contributed by atoms with Crippen molar-refractivity contribution in [2.45, 2.75) is 38.3 Å². The summed E-state index contributed by atoms with van der Waals surface area (Å²) >= 11 is 0. The molecule has 1 N–H and O–H groups in total. The fraction of sp³-hybridized carbons (Fsp3) is 0.611. The molecule has 2 rings (SSSR count). The predicted molar refractivity (Wildman–Crippen MR) is 95.0 cm³/mol. The third-order valence-corrected chi connectivity index (χ3v) is 4.74. The highest BCUT2D eigenvalue weighted by molar-refractivity contribution is 5.85. The molecule has 3 nitrogen and oxygen atoms in total. The Hall–Kier alpha value is -1.27. The van der Waals surface area contributed by atoms with E-state index in [9.17, 15) is 18.0 Å². The summed E-state index contributed by atoms with van der Waals surface area (Å²) in [5, 5.41) is 3.15. The molecule has 1 aromatic rings. The summed E-state index contributed by atoms with van der Waals surface area (Å²) in [4.78, 5) is 14.6. The van der Waals surface area contributed by atoms with Gasteiger partial charge in [0.25, 0.3) is 0 Å². The Kier molecular flexibility index (Phi) is 8.22. The first-order valence-corrected chi connectivity index (χ1v) is 8.47. The first-order valence-electron chi connectivity index (χ1n) is 8.47. The van der Waals surface area contributed by atoms with Crippen LogP contribution in [-0.4, -0.2) is 37.5 Å². The molecule has 0 spiro atoms. The second-order valence-electron chi connectivity index (χ2n) is 6.41. The molecule has 0 saturated carbocycles. The number of hydrogen-bond donors (Lipinski definition) is 1. The van der Waals surface area contributed by atoms with Crippen LogP contribution >= 0.6 is 12.4 Å². The summed E-state index contributed by atoms with van der Waals surface area (Å²) in [6.07, 6.45) is -2.02. The molecular weight excluding hydrogens is 353 g/mol. The molecule has 1 amide bonds. The van der Waals surface area contributed by atoms with E-state index in [2.05, 4.69) is 5.32 Å². The largest absolute Gasteiger partial charge is 0.416 e. The van der Waals surface area contributed by atoms with Gasteiger partial charge in [0.05, 0.1) is 11.5 Å². The topological polar surface area (TPSA) is 32.3 Å². The average molecular weight is 379 g/mol. The quantitative estimate of drug-likeness (QED) is 0.837. The molecule has 0 radical (unpaired) electrons. The normalized spacial score (nSPS) is 17.1. The molecule has 1 unspecified atom stereocenters. The molecule has 1 aliphatic heterocycles. The molecule has 142 valence electrons. The summed E-state index contributed by atoms with van der Waals surface area (Å²) in [6, 6.07) is 5.16. The minimum absolute atomic E-state index is 0. The molecule has 0 aromatic heterocycles. The van der Waals surface area contributed by atoms with Crippen molar-refractivity contribution >= 4 is 18.3 Å². The molecule has 1 atom stereocenters. The maximum Gasteiger partial charge on any atom is 0.416 e. The molecule has 25 heavy (non-hydrogen) atoms. The highest BCUT2D eigenvalue weighted by Gasteiger charge is 2.33. The van der Waals surface area contributed by atoms with E-state index in [1.54, 1.807) is 11.0 Å². The van der Waals surface area contributed by atoms with Gasteiger partial charge in [-0.15, -0.1) is 12.4 Å². The molecule has 0 aliphatic carbocycles. The molecule has 1 aromatic carbocycles. The second-order valence-corrected chi connectivity index (χ2v) is 6.41. The number of benzene rings is 1. The minimum atomic E-state index is -4.39.